The van der Waals surface area contributed by atoms with Gasteiger partial charge in [-0.2, -0.15) is 11.8 Å². The predicted molar refractivity (Wildman–Crippen MR) is 101 cm³/mol. The summed E-state index contributed by atoms with van der Waals surface area (Å²) in [6.45, 7) is 6.11. The second kappa shape index (κ2) is 8.88. The van der Waals surface area contributed by atoms with Crippen molar-refractivity contribution in [3.05, 3.63) is 65.0 Å². The molecule has 0 saturated carbocycles. The number of anilines is 1. The quantitative estimate of drug-likeness (QED) is 0.656. The van der Waals surface area contributed by atoms with Gasteiger partial charge in [-0.25, -0.2) is 4.39 Å². The smallest absolute Gasteiger partial charge is 0.224 e. The van der Waals surface area contributed by atoms with E-state index in [1.165, 1.54) is 12.1 Å². The maximum Gasteiger partial charge on any atom is 0.224 e. The van der Waals surface area contributed by atoms with E-state index < -0.39 is 0 Å². The zero-order chi connectivity index (χ0) is 17.5. The van der Waals surface area contributed by atoms with Gasteiger partial charge in [-0.3, -0.25) is 4.79 Å². The van der Waals surface area contributed by atoms with Crippen LogP contribution in [0.2, 0.25) is 0 Å². The monoisotopic (exact) mass is 345 g/mol. The first-order chi connectivity index (χ1) is 11.5. The standard InChI is InChI=1S/C20H24FNOS/c1-14-6-4-7-15(2)20(14)22-19(23)8-5-13-24-16(3)17-9-11-18(21)12-10-17/h4,6-7,9-12,16H,5,8,13H2,1-3H3,(H,22,23). The summed E-state index contributed by atoms with van der Waals surface area (Å²) in [5.74, 6) is 0.750. The van der Waals surface area contributed by atoms with E-state index in [0.29, 0.717) is 11.7 Å². The molecule has 0 radical (unpaired) electrons. The largest absolute Gasteiger partial charge is 0.326 e. The summed E-state index contributed by atoms with van der Waals surface area (Å²) in [7, 11) is 0. The van der Waals surface area contributed by atoms with E-state index in [9.17, 15) is 9.18 Å². The van der Waals surface area contributed by atoms with Crippen LogP contribution in [0.3, 0.4) is 0 Å². The molecule has 0 spiro atoms. The lowest BCUT2D eigenvalue weighted by Crippen LogP contribution is -2.13. The van der Waals surface area contributed by atoms with Gasteiger partial charge < -0.3 is 5.32 Å². The Balaban J connectivity index is 1.74. The average molecular weight is 345 g/mol. The van der Waals surface area contributed by atoms with Gasteiger partial charge in [-0.1, -0.05) is 30.3 Å². The van der Waals surface area contributed by atoms with Crippen molar-refractivity contribution in [2.75, 3.05) is 11.1 Å². The lowest BCUT2D eigenvalue weighted by Gasteiger charge is -2.13. The van der Waals surface area contributed by atoms with Gasteiger partial charge in [0.2, 0.25) is 5.91 Å². The number of hydrogen-bond acceptors (Lipinski definition) is 2. The molecule has 24 heavy (non-hydrogen) atoms. The molecule has 0 heterocycles. The summed E-state index contributed by atoms with van der Waals surface area (Å²) in [5, 5.41) is 3.31. The Labute approximate surface area is 147 Å². The van der Waals surface area contributed by atoms with Crippen LogP contribution in [0.4, 0.5) is 10.1 Å². The first kappa shape index (κ1) is 18.5. The molecule has 4 heteroatoms. The lowest BCUT2D eigenvalue weighted by atomic mass is 10.1. The zero-order valence-corrected chi connectivity index (χ0v) is 15.3. The van der Waals surface area contributed by atoms with Crippen LogP contribution < -0.4 is 5.32 Å². The number of carbonyl (C=O) groups is 1. The third kappa shape index (κ3) is 5.38. The number of amides is 1. The van der Waals surface area contributed by atoms with E-state index in [4.69, 9.17) is 0 Å². The predicted octanol–water partition coefficient (Wildman–Crippen LogP) is 5.66. The minimum absolute atomic E-state index is 0.0578. The summed E-state index contributed by atoms with van der Waals surface area (Å²) in [5.41, 5.74) is 4.21. The van der Waals surface area contributed by atoms with Crippen molar-refractivity contribution < 1.29 is 9.18 Å². The number of para-hydroxylation sites is 1. The summed E-state index contributed by atoms with van der Waals surface area (Å²) < 4.78 is 12.9. The fourth-order valence-corrected chi connectivity index (χ4v) is 3.55. The molecule has 1 N–H and O–H groups in total. The molecule has 0 aliphatic heterocycles. The molecule has 0 aliphatic carbocycles. The molecule has 0 aromatic heterocycles. The Bertz CT molecular complexity index is 664. The zero-order valence-electron chi connectivity index (χ0n) is 14.4. The number of thioether (sulfide) groups is 1. The Morgan fingerprint density at radius 1 is 1.12 bits per heavy atom. The first-order valence-corrected chi connectivity index (χ1v) is 9.25. The highest BCUT2D eigenvalue weighted by atomic mass is 32.2. The van der Waals surface area contributed by atoms with Crippen LogP contribution in [0.5, 0.6) is 0 Å². The third-order valence-corrected chi connectivity index (χ3v) is 5.30. The fraction of sp³-hybridized carbons (Fsp3) is 0.350. The maximum atomic E-state index is 12.9. The number of rotatable bonds is 7. The van der Waals surface area contributed by atoms with E-state index in [0.717, 1.165) is 34.6 Å². The van der Waals surface area contributed by atoms with E-state index in [1.54, 1.807) is 11.8 Å². The van der Waals surface area contributed by atoms with Crippen LogP contribution in [0.15, 0.2) is 42.5 Å². The van der Waals surface area contributed by atoms with Crippen molar-refractivity contribution in [2.45, 2.75) is 38.9 Å². The fourth-order valence-electron chi connectivity index (χ4n) is 2.54. The van der Waals surface area contributed by atoms with Gasteiger partial charge in [0.25, 0.3) is 0 Å². The topological polar surface area (TPSA) is 29.1 Å². The van der Waals surface area contributed by atoms with Crippen molar-refractivity contribution in [2.24, 2.45) is 0 Å². The number of nitrogens with one attached hydrogen (secondary N) is 1. The van der Waals surface area contributed by atoms with Crippen LogP contribution in [0.25, 0.3) is 0 Å². The van der Waals surface area contributed by atoms with Crippen LogP contribution in [-0.4, -0.2) is 11.7 Å². The molecule has 2 aromatic rings. The van der Waals surface area contributed by atoms with E-state index >= 15 is 0 Å². The van der Waals surface area contributed by atoms with Crippen molar-refractivity contribution in [1.82, 2.24) is 0 Å². The summed E-state index contributed by atoms with van der Waals surface area (Å²) >= 11 is 1.79. The molecule has 0 aliphatic rings. The van der Waals surface area contributed by atoms with E-state index in [1.807, 2.05) is 44.2 Å². The number of aryl methyl sites for hydroxylation is 2. The SMILES string of the molecule is Cc1cccc(C)c1NC(=O)CCCSC(C)c1ccc(F)cc1. The first-order valence-electron chi connectivity index (χ1n) is 8.20. The Morgan fingerprint density at radius 2 is 1.75 bits per heavy atom. The summed E-state index contributed by atoms with van der Waals surface area (Å²) in [6.07, 6.45) is 1.34. The number of hydrogen-bond donors (Lipinski definition) is 1. The Hall–Kier alpha value is -1.81. The summed E-state index contributed by atoms with van der Waals surface area (Å²) in [4.78, 5) is 12.1. The van der Waals surface area contributed by atoms with Crippen molar-refractivity contribution in [1.29, 1.82) is 0 Å². The normalized spacial score (nSPS) is 12.0. The number of benzene rings is 2. The third-order valence-electron chi connectivity index (χ3n) is 4.00. The molecule has 1 unspecified atom stereocenters. The highest BCUT2D eigenvalue weighted by Crippen LogP contribution is 2.29. The van der Waals surface area contributed by atoms with Crippen LogP contribution in [-0.2, 0) is 4.79 Å². The minimum atomic E-state index is -0.209. The van der Waals surface area contributed by atoms with Gasteiger partial charge in [0.1, 0.15) is 5.82 Å². The summed E-state index contributed by atoms with van der Waals surface area (Å²) in [6, 6.07) is 12.6. The molecule has 2 aromatic carbocycles. The molecule has 0 bridgehead atoms. The lowest BCUT2D eigenvalue weighted by molar-refractivity contribution is -0.116. The van der Waals surface area contributed by atoms with E-state index in [2.05, 4.69) is 12.2 Å². The number of halogens is 1. The second-order valence-electron chi connectivity index (χ2n) is 5.98. The van der Waals surface area contributed by atoms with Crippen molar-refractivity contribution in [3.8, 4) is 0 Å². The van der Waals surface area contributed by atoms with Crippen LogP contribution in [0.1, 0.15) is 41.7 Å². The number of carbonyl (C=O) groups excluding carboxylic acids is 1. The van der Waals surface area contributed by atoms with Gasteiger partial charge in [-0.15, -0.1) is 0 Å². The van der Waals surface area contributed by atoms with Crippen LogP contribution >= 0.6 is 11.8 Å². The van der Waals surface area contributed by atoms with Crippen molar-refractivity contribution in [3.63, 3.8) is 0 Å². The molecule has 0 saturated heterocycles. The van der Waals surface area contributed by atoms with Gasteiger partial charge in [0, 0.05) is 17.4 Å². The van der Waals surface area contributed by atoms with Gasteiger partial charge in [-0.05, 0) is 61.8 Å². The van der Waals surface area contributed by atoms with Gasteiger partial charge in [0.05, 0.1) is 0 Å². The van der Waals surface area contributed by atoms with Gasteiger partial charge in [0.15, 0.2) is 0 Å². The Kier molecular flexibility index (Phi) is 6.85. The molecule has 1 atom stereocenters. The highest BCUT2D eigenvalue weighted by Gasteiger charge is 2.09. The Morgan fingerprint density at radius 3 is 2.38 bits per heavy atom. The van der Waals surface area contributed by atoms with Gasteiger partial charge >= 0.3 is 0 Å². The van der Waals surface area contributed by atoms with Crippen LogP contribution in [0, 0.1) is 19.7 Å². The molecular weight excluding hydrogens is 321 g/mol. The molecule has 2 rings (SSSR count). The highest BCUT2D eigenvalue weighted by molar-refractivity contribution is 7.99. The second-order valence-corrected chi connectivity index (χ2v) is 7.43. The molecule has 2 nitrogen and oxygen atoms in total. The maximum absolute atomic E-state index is 12.9. The van der Waals surface area contributed by atoms with Crippen molar-refractivity contribution >= 4 is 23.4 Å². The molecule has 0 fully saturated rings. The van der Waals surface area contributed by atoms with E-state index in [-0.39, 0.29) is 11.7 Å². The molecular formula is C20H24FNOS. The molecule has 1 amide bonds. The minimum Gasteiger partial charge on any atom is -0.326 e. The average Bonchev–Trinajstić information content (AvgIpc) is 2.55. The molecule has 128 valence electrons.